The Kier molecular flexibility index (Phi) is 4.97. The number of rotatable bonds is 6. The fourth-order valence-corrected chi connectivity index (χ4v) is 3.25. The minimum Gasteiger partial charge on any atom is -0.394 e. The fraction of sp³-hybridized carbons (Fsp3) is 0.444. The predicted octanol–water partition coefficient (Wildman–Crippen LogP) is 1.39. The monoisotopic (exact) mass is 328 g/mol. The van der Waals surface area contributed by atoms with Gasteiger partial charge in [0.1, 0.15) is 0 Å². The van der Waals surface area contributed by atoms with Crippen LogP contribution >= 0.6 is 0 Å². The lowest BCUT2D eigenvalue weighted by molar-refractivity contribution is -0.117. The first-order valence-corrected chi connectivity index (χ1v) is 8.32. The van der Waals surface area contributed by atoms with Crippen LogP contribution in [0.4, 0.5) is 5.69 Å². The summed E-state index contributed by atoms with van der Waals surface area (Å²) < 4.78 is 1.84. The lowest BCUT2D eigenvalue weighted by Gasteiger charge is -2.17. The van der Waals surface area contributed by atoms with Crippen molar-refractivity contribution >= 4 is 11.6 Å². The molecule has 1 aromatic heterocycles. The topological polar surface area (TPSA) is 70.4 Å². The number of hydrogen-bond donors (Lipinski definition) is 2. The highest BCUT2D eigenvalue weighted by Gasteiger charge is 2.30. The molecule has 1 aromatic carbocycles. The van der Waals surface area contributed by atoms with Crippen LogP contribution in [0.15, 0.2) is 30.3 Å². The summed E-state index contributed by atoms with van der Waals surface area (Å²) in [5.74, 6) is 0.156. The maximum atomic E-state index is 12.3. The van der Waals surface area contributed by atoms with Crippen molar-refractivity contribution in [1.82, 2.24) is 15.1 Å². The number of aryl methyl sites for hydroxylation is 1. The molecule has 1 aliphatic rings. The highest BCUT2D eigenvalue weighted by Crippen LogP contribution is 2.21. The van der Waals surface area contributed by atoms with E-state index in [9.17, 15) is 4.79 Å². The second-order valence-electron chi connectivity index (χ2n) is 6.22. The molecular formula is C18H24N4O2. The van der Waals surface area contributed by atoms with Gasteiger partial charge in [0, 0.05) is 42.5 Å². The number of benzene rings is 1. The molecule has 24 heavy (non-hydrogen) atoms. The molecule has 1 atom stereocenters. The molecule has 1 saturated heterocycles. The maximum Gasteiger partial charge on any atom is 0.228 e. The third-order valence-corrected chi connectivity index (χ3v) is 4.60. The van der Waals surface area contributed by atoms with Crippen molar-refractivity contribution in [1.29, 1.82) is 0 Å². The molecule has 128 valence electrons. The fourth-order valence-electron chi connectivity index (χ4n) is 3.25. The van der Waals surface area contributed by atoms with E-state index >= 15 is 0 Å². The van der Waals surface area contributed by atoms with Crippen molar-refractivity contribution in [2.24, 2.45) is 0 Å². The lowest BCUT2D eigenvalue weighted by Crippen LogP contribution is -2.32. The van der Waals surface area contributed by atoms with Crippen LogP contribution in [-0.4, -0.2) is 40.0 Å². The molecule has 0 spiro atoms. The Labute approximate surface area is 142 Å². The molecule has 6 nitrogen and oxygen atoms in total. The first-order chi connectivity index (χ1) is 11.6. The van der Waals surface area contributed by atoms with Crippen LogP contribution in [0.2, 0.25) is 0 Å². The molecule has 6 heteroatoms. The van der Waals surface area contributed by atoms with Crippen molar-refractivity contribution in [2.75, 3.05) is 18.1 Å². The minimum absolute atomic E-state index is 0.0813. The quantitative estimate of drug-likeness (QED) is 0.841. The van der Waals surface area contributed by atoms with Crippen molar-refractivity contribution in [3.63, 3.8) is 0 Å². The Balaban J connectivity index is 1.63. The molecule has 2 heterocycles. The summed E-state index contributed by atoms with van der Waals surface area (Å²) in [5.41, 5.74) is 4.14. The zero-order chi connectivity index (χ0) is 17.1. The average Bonchev–Trinajstić information content (AvgIpc) is 3.07. The molecule has 1 fully saturated rings. The van der Waals surface area contributed by atoms with Crippen LogP contribution in [-0.2, 0) is 17.9 Å². The Morgan fingerprint density at radius 1 is 1.29 bits per heavy atom. The van der Waals surface area contributed by atoms with Gasteiger partial charge in [-0.05, 0) is 26.0 Å². The lowest BCUT2D eigenvalue weighted by atomic mass is 10.1. The van der Waals surface area contributed by atoms with Gasteiger partial charge in [0.2, 0.25) is 5.91 Å². The summed E-state index contributed by atoms with van der Waals surface area (Å²) in [6.45, 7) is 5.96. The number of nitrogens with zero attached hydrogens (tertiary/aromatic N) is 3. The molecule has 2 aromatic rings. The summed E-state index contributed by atoms with van der Waals surface area (Å²) in [6.07, 6.45) is 0.512. The second-order valence-corrected chi connectivity index (χ2v) is 6.22. The molecule has 0 unspecified atom stereocenters. The first kappa shape index (κ1) is 16.7. The number of anilines is 1. The summed E-state index contributed by atoms with van der Waals surface area (Å²) in [4.78, 5) is 14.1. The Hall–Kier alpha value is -2.18. The number of amides is 1. The van der Waals surface area contributed by atoms with Gasteiger partial charge in [0.25, 0.3) is 0 Å². The number of nitrogens with one attached hydrogen (secondary N) is 1. The number of carbonyl (C=O) groups is 1. The van der Waals surface area contributed by atoms with Gasteiger partial charge in [-0.15, -0.1) is 0 Å². The van der Waals surface area contributed by atoms with Crippen LogP contribution in [0.25, 0.3) is 0 Å². The molecule has 1 aliphatic heterocycles. The van der Waals surface area contributed by atoms with E-state index in [1.54, 1.807) is 0 Å². The predicted molar refractivity (Wildman–Crippen MR) is 92.8 cm³/mol. The van der Waals surface area contributed by atoms with Crippen molar-refractivity contribution in [2.45, 2.75) is 39.4 Å². The maximum absolute atomic E-state index is 12.3. The second kappa shape index (κ2) is 7.15. The summed E-state index contributed by atoms with van der Waals surface area (Å²) in [5, 5.41) is 17.0. The number of carbonyl (C=O) groups excluding carboxylic acids is 1. The van der Waals surface area contributed by atoms with Crippen LogP contribution in [0.1, 0.15) is 23.4 Å². The largest absolute Gasteiger partial charge is 0.394 e. The van der Waals surface area contributed by atoms with Gasteiger partial charge in [0.05, 0.1) is 18.8 Å². The molecule has 0 saturated carbocycles. The molecule has 3 rings (SSSR count). The molecule has 0 radical (unpaired) electrons. The highest BCUT2D eigenvalue weighted by molar-refractivity contribution is 5.96. The number of aliphatic hydroxyl groups excluding tert-OH is 1. The van der Waals surface area contributed by atoms with Crippen LogP contribution in [0.5, 0.6) is 0 Å². The van der Waals surface area contributed by atoms with E-state index in [1.807, 2.05) is 53.8 Å². The number of aliphatic hydroxyl groups is 1. The summed E-state index contributed by atoms with van der Waals surface area (Å²) >= 11 is 0. The number of para-hydroxylation sites is 1. The average molecular weight is 328 g/mol. The van der Waals surface area contributed by atoms with Crippen LogP contribution in [0.3, 0.4) is 0 Å². The van der Waals surface area contributed by atoms with Crippen molar-refractivity contribution in [3.8, 4) is 0 Å². The molecule has 1 amide bonds. The van der Waals surface area contributed by atoms with E-state index in [1.165, 1.54) is 0 Å². The van der Waals surface area contributed by atoms with E-state index in [0.29, 0.717) is 26.1 Å². The number of hydrogen-bond acceptors (Lipinski definition) is 4. The van der Waals surface area contributed by atoms with E-state index in [2.05, 4.69) is 10.4 Å². The van der Waals surface area contributed by atoms with Crippen molar-refractivity contribution < 1.29 is 9.90 Å². The number of aromatic nitrogens is 2. The molecule has 0 bridgehead atoms. The van der Waals surface area contributed by atoms with E-state index in [4.69, 9.17) is 5.11 Å². The van der Waals surface area contributed by atoms with E-state index in [0.717, 1.165) is 22.6 Å². The standard InChI is InChI=1S/C18H24N4O2/c1-13-17(14(2)22(20-13)8-9-23)11-19-15-10-18(24)21(12-15)16-6-4-3-5-7-16/h3-7,15,19,23H,8-12H2,1-2H3/t15-/m0/s1. The molecule has 0 aliphatic carbocycles. The smallest absolute Gasteiger partial charge is 0.228 e. The van der Waals surface area contributed by atoms with Crippen molar-refractivity contribution in [3.05, 3.63) is 47.3 Å². The normalized spacial score (nSPS) is 17.7. The Morgan fingerprint density at radius 3 is 2.75 bits per heavy atom. The van der Waals surface area contributed by atoms with Crippen LogP contribution in [0, 0.1) is 13.8 Å². The third-order valence-electron chi connectivity index (χ3n) is 4.60. The highest BCUT2D eigenvalue weighted by atomic mass is 16.3. The van der Waals surface area contributed by atoms with Gasteiger partial charge in [-0.2, -0.15) is 5.10 Å². The first-order valence-electron chi connectivity index (χ1n) is 8.32. The SMILES string of the molecule is Cc1nn(CCO)c(C)c1CN[C@H]1CC(=O)N(c2ccccc2)C1. The van der Waals surface area contributed by atoms with Crippen LogP contribution < -0.4 is 10.2 Å². The minimum atomic E-state index is 0.0813. The van der Waals surface area contributed by atoms with Gasteiger partial charge in [-0.25, -0.2) is 0 Å². The van der Waals surface area contributed by atoms with Gasteiger partial charge in [0.15, 0.2) is 0 Å². The summed E-state index contributed by atoms with van der Waals surface area (Å²) in [7, 11) is 0. The zero-order valence-electron chi connectivity index (χ0n) is 14.2. The Bertz CT molecular complexity index is 711. The molecular weight excluding hydrogens is 304 g/mol. The Morgan fingerprint density at radius 2 is 2.04 bits per heavy atom. The van der Waals surface area contributed by atoms with Gasteiger partial charge in [-0.1, -0.05) is 18.2 Å². The molecule has 2 N–H and O–H groups in total. The zero-order valence-corrected chi connectivity index (χ0v) is 14.2. The van der Waals surface area contributed by atoms with Gasteiger partial charge >= 0.3 is 0 Å². The summed E-state index contributed by atoms with van der Waals surface area (Å²) in [6, 6.07) is 9.92. The van der Waals surface area contributed by atoms with Gasteiger partial charge in [-0.3, -0.25) is 9.48 Å². The third kappa shape index (κ3) is 3.34. The van der Waals surface area contributed by atoms with E-state index < -0.39 is 0 Å². The van der Waals surface area contributed by atoms with E-state index in [-0.39, 0.29) is 18.6 Å². The van der Waals surface area contributed by atoms with Gasteiger partial charge < -0.3 is 15.3 Å².